The highest BCUT2D eigenvalue weighted by Crippen LogP contribution is 2.20. The fourth-order valence-electron chi connectivity index (χ4n) is 3.19. The van der Waals surface area contributed by atoms with Crippen LogP contribution >= 0.6 is 0 Å². The van der Waals surface area contributed by atoms with Crippen LogP contribution in [-0.4, -0.2) is 41.6 Å². The first-order valence-electron chi connectivity index (χ1n) is 10.3. The Labute approximate surface area is 178 Å². The monoisotopic (exact) mass is 406 g/mol. The van der Waals surface area contributed by atoms with Gasteiger partial charge in [0, 0.05) is 51.3 Å². The van der Waals surface area contributed by atoms with Crippen LogP contribution in [-0.2, 0) is 17.8 Å². The molecule has 6 nitrogen and oxygen atoms in total. The molecule has 0 spiro atoms. The van der Waals surface area contributed by atoms with Crippen LogP contribution in [0.4, 0.5) is 5.69 Å². The Balaban J connectivity index is 1.67. The Morgan fingerprint density at radius 2 is 1.73 bits per heavy atom. The van der Waals surface area contributed by atoms with E-state index in [-0.39, 0.29) is 5.91 Å². The standard InChI is InChI=1S/C24H30N4O2/c1-18(2)16-23(29)28(17-19-8-6-5-7-9-19)15-14-22-25-24(26-30-22)20-10-12-21(13-11-20)27(3)4/h5-13,18H,14-17H2,1-4H3. The molecule has 0 atom stereocenters. The number of rotatable bonds is 9. The molecule has 0 unspecified atom stereocenters. The van der Waals surface area contributed by atoms with Crippen molar-refractivity contribution in [3.8, 4) is 11.4 Å². The fraction of sp³-hybridized carbons (Fsp3) is 0.375. The van der Waals surface area contributed by atoms with Crippen molar-refractivity contribution in [1.29, 1.82) is 0 Å². The second-order valence-electron chi connectivity index (χ2n) is 8.10. The van der Waals surface area contributed by atoms with Gasteiger partial charge in [-0.25, -0.2) is 0 Å². The van der Waals surface area contributed by atoms with Crippen molar-refractivity contribution in [3.05, 3.63) is 66.1 Å². The van der Waals surface area contributed by atoms with Crippen molar-refractivity contribution >= 4 is 11.6 Å². The summed E-state index contributed by atoms with van der Waals surface area (Å²) in [6.45, 7) is 5.25. The molecule has 6 heteroatoms. The zero-order valence-electron chi connectivity index (χ0n) is 18.2. The van der Waals surface area contributed by atoms with Gasteiger partial charge < -0.3 is 14.3 Å². The van der Waals surface area contributed by atoms with Crippen LogP contribution in [0.15, 0.2) is 59.1 Å². The maximum Gasteiger partial charge on any atom is 0.228 e. The summed E-state index contributed by atoms with van der Waals surface area (Å²) in [6, 6.07) is 18.1. The Morgan fingerprint density at radius 3 is 2.37 bits per heavy atom. The number of benzene rings is 2. The van der Waals surface area contributed by atoms with Crippen LogP contribution in [0.3, 0.4) is 0 Å². The van der Waals surface area contributed by atoms with E-state index in [0.29, 0.717) is 43.6 Å². The number of amides is 1. The van der Waals surface area contributed by atoms with Crippen LogP contribution in [0.5, 0.6) is 0 Å². The first-order valence-corrected chi connectivity index (χ1v) is 10.3. The second-order valence-corrected chi connectivity index (χ2v) is 8.10. The van der Waals surface area contributed by atoms with Crippen molar-refractivity contribution in [2.24, 2.45) is 5.92 Å². The predicted molar refractivity (Wildman–Crippen MR) is 119 cm³/mol. The molecule has 158 valence electrons. The van der Waals surface area contributed by atoms with E-state index in [9.17, 15) is 4.79 Å². The molecule has 0 fully saturated rings. The highest BCUT2D eigenvalue weighted by molar-refractivity contribution is 5.76. The highest BCUT2D eigenvalue weighted by Gasteiger charge is 2.17. The van der Waals surface area contributed by atoms with Crippen LogP contribution in [0.1, 0.15) is 31.7 Å². The zero-order chi connectivity index (χ0) is 21.5. The predicted octanol–water partition coefficient (Wildman–Crippen LogP) is 4.42. The lowest BCUT2D eigenvalue weighted by molar-refractivity contribution is -0.132. The lowest BCUT2D eigenvalue weighted by Crippen LogP contribution is -2.33. The summed E-state index contributed by atoms with van der Waals surface area (Å²) in [5.74, 6) is 1.57. The second kappa shape index (κ2) is 10.1. The quantitative estimate of drug-likeness (QED) is 0.526. The molecule has 0 aliphatic rings. The maximum absolute atomic E-state index is 12.7. The van der Waals surface area contributed by atoms with E-state index in [1.807, 2.05) is 78.5 Å². The SMILES string of the molecule is CC(C)CC(=O)N(CCc1nc(-c2ccc(N(C)C)cc2)no1)Cc1ccccc1. The molecule has 0 aliphatic carbocycles. The molecule has 0 aliphatic heterocycles. The molecule has 0 radical (unpaired) electrons. The molecule has 30 heavy (non-hydrogen) atoms. The van der Waals surface area contributed by atoms with Crippen molar-refractivity contribution < 1.29 is 9.32 Å². The maximum atomic E-state index is 12.7. The van der Waals surface area contributed by atoms with Crippen molar-refractivity contribution in [3.63, 3.8) is 0 Å². The van der Waals surface area contributed by atoms with E-state index >= 15 is 0 Å². The minimum absolute atomic E-state index is 0.146. The van der Waals surface area contributed by atoms with Gasteiger partial charge in [0.05, 0.1) is 0 Å². The van der Waals surface area contributed by atoms with E-state index < -0.39 is 0 Å². The molecule has 1 amide bonds. The van der Waals surface area contributed by atoms with Gasteiger partial charge in [-0.3, -0.25) is 4.79 Å². The molecular weight excluding hydrogens is 376 g/mol. The molecule has 0 saturated carbocycles. The lowest BCUT2D eigenvalue weighted by Gasteiger charge is -2.23. The molecule has 3 rings (SSSR count). The molecular formula is C24H30N4O2. The number of anilines is 1. The van der Waals surface area contributed by atoms with Crippen molar-refractivity contribution in [2.75, 3.05) is 25.5 Å². The first kappa shape index (κ1) is 21.6. The van der Waals surface area contributed by atoms with Crippen LogP contribution < -0.4 is 4.90 Å². The van der Waals surface area contributed by atoms with Crippen LogP contribution in [0.2, 0.25) is 0 Å². The van der Waals surface area contributed by atoms with E-state index in [2.05, 4.69) is 24.0 Å². The first-order chi connectivity index (χ1) is 14.4. The molecule has 0 N–H and O–H groups in total. The summed E-state index contributed by atoms with van der Waals surface area (Å²) >= 11 is 0. The fourth-order valence-corrected chi connectivity index (χ4v) is 3.19. The van der Waals surface area contributed by atoms with Gasteiger partial charge in [0.1, 0.15) is 0 Å². The number of aromatic nitrogens is 2. The largest absolute Gasteiger partial charge is 0.378 e. The molecule has 3 aromatic rings. The number of nitrogens with zero attached hydrogens (tertiary/aromatic N) is 4. The van der Waals surface area contributed by atoms with E-state index in [4.69, 9.17) is 4.52 Å². The minimum Gasteiger partial charge on any atom is -0.378 e. The van der Waals surface area contributed by atoms with E-state index in [1.54, 1.807) is 0 Å². The van der Waals surface area contributed by atoms with E-state index in [0.717, 1.165) is 16.8 Å². The van der Waals surface area contributed by atoms with Crippen molar-refractivity contribution in [1.82, 2.24) is 15.0 Å². The van der Waals surface area contributed by atoms with Gasteiger partial charge in [-0.1, -0.05) is 49.3 Å². The summed E-state index contributed by atoms with van der Waals surface area (Å²) in [7, 11) is 4.01. The molecule has 0 bridgehead atoms. The van der Waals surface area contributed by atoms with Gasteiger partial charge in [-0.2, -0.15) is 4.98 Å². The van der Waals surface area contributed by atoms with Gasteiger partial charge >= 0.3 is 0 Å². The van der Waals surface area contributed by atoms with Gasteiger partial charge in [0.15, 0.2) is 0 Å². The van der Waals surface area contributed by atoms with Crippen molar-refractivity contribution in [2.45, 2.75) is 33.2 Å². The molecule has 1 aromatic heterocycles. The Kier molecular flexibility index (Phi) is 7.22. The molecule has 0 saturated heterocycles. The average molecular weight is 407 g/mol. The Morgan fingerprint density at radius 1 is 1.03 bits per heavy atom. The Bertz CT molecular complexity index is 933. The number of carbonyl (C=O) groups is 1. The van der Waals surface area contributed by atoms with Gasteiger partial charge in [0.25, 0.3) is 0 Å². The number of hydrogen-bond donors (Lipinski definition) is 0. The Hall–Kier alpha value is -3.15. The smallest absolute Gasteiger partial charge is 0.228 e. The molecule has 1 heterocycles. The topological polar surface area (TPSA) is 62.5 Å². The lowest BCUT2D eigenvalue weighted by atomic mass is 10.1. The normalized spacial score (nSPS) is 11.0. The third-order valence-corrected chi connectivity index (χ3v) is 4.86. The number of carbonyl (C=O) groups excluding carboxylic acids is 1. The van der Waals surface area contributed by atoms with Crippen LogP contribution in [0, 0.1) is 5.92 Å². The van der Waals surface area contributed by atoms with Gasteiger partial charge in [-0.05, 0) is 35.7 Å². The summed E-state index contributed by atoms with van der Waals surface area (Å²) in [6.07, 6.45) is 1.06. The summed E-state index contributed by atoms with van der Waals surface area (Å²) in [5.41, 5.74) is 3.14. The summed E-state index contributed by atoms with van der Waals surface area (Å²) in [4.78, 5) is 21.2. The van der Waals surface area contributed by atoms with Crippen LogP contribution in [0.25, 0.3) is 11.4 Å². The zero-order valence-corrected chi connectivity index (χ0v) is 18.2. The third-order valence-electron chi connectivity index (χ3n) is 4.86. The summed E-state index contributed by atoms with van der Waals surface area (Å²) in [5, 5.41) is 4.11. The minimum atomic E-state index is 0.146. The van der Waals surface area contributed by atoms with Gasteiger partial charge in [-0.15, -0.1) is 0 Å². The van der Waals surface area contributed by atoms with Gasteiger partial charge in [0.2, 0.25) is 17.6 Å². The highest BCUT2D eigenvalue weighted by atomic mass is 16.5. The average Bonchev–Trinajstić information content (AvgIpc) is 3.20. The van der Waals surface area contributed by atoms with E-state index in [1.165, 1.54) is 0 Å². The molecule has 2 aromatic carbocycles. The summed E-state index contributed by atoms with van der Waals surface area (Å²) < 4.78 is 5.45. The third kappa shape index (κ3) is 5.92. The number of hydrogen-bond acceptors (Lipinski definition) is 5.